The predicted molar refractivity (Wildman–Crippen MR) is 24.9 cm³/mol. The second-order valence-corrected chi connectivity index (χ2v) is 1.45. The van der Waals surface area contributed by atoms with Gasteiger partial charge in [0.05, 0.1) is 0 Å². The van der Waals surface area contributed by atoms with Gasteiger partial charge in [-0.05, 0) is 6.92 Å². The fourth-order valence-electron chi connectivity index (χ4n) is 0.165. The molecule has 4 nitrogen and oxygen atoms in total. The molecule has 0 fully saturated rings. The quantitative estimate of drug-likeness (QED) is 0.365. The molecule has 0 aliphatic rings. The van der Waals surface area contributed by atoms with Crippen molar-refractivity contribution in [3.8, 4) is 0 Å². The Kier molecular flexibility index (Phi) is 2.60. The highest BCUT2D eigenvalue weighted by molar-refractivity contribution is 5.58. The number of aldehydes is 1. The van der Waals surface area contributed by atoms with Gasteiger partial charge in [-0.2, -0.15) is 0 Å². The van der Waals surface area contributed by atoms with Gasteiger partial charge in [-0.1, -0.05) is 0 Å². The summed E-state index contributed by atoms with van der Waals surface area (Å²) in [6.07, 6.45) is 0.198. The topological polar surface area (TPSA) is 66.8 Å². The molecule has 0 rings (SSSR count). The van der Waals surface area contributed by atoms with Crippen LogP contribution in [0.4, 0.5) is 0 Å². The largest absolute Gasteiger partial charge is 0.370 e. The summed E-state index contributed by atoms with van der Waals surface area (Å²) < 4.78 is 4.12. The van der Waals surface area contributed by atoms with Crippen LogP contribution in [0.3, 0.4) is 0 Å². The van der Waals surface area contributed by atoms with E-state index in [1.165, 1.54) is 0 Å². The number of rotatable bonds is 3. The average Bonchev–Trinajstić information content (AvgIpc) is 1.67. The van der Waals surface area contributed by atoms with Gasteiger partial charge in [0, 0.05) is 0 Å². The maximum Gasteiger partial charge on any atom is 0.222 e. The Morgan fingerprint density at radius 3 is 2.50 bits per heavy atom. The molecule has 0 radical (unpaired) electrons. The Morgan fingerprint density at radius 2 is 2.38 bits per heavy atom. The second-order valence-electron chi connectivity index (χ2n) is 1.45. The van der Waals surface area contributed by atoms with Gasteiger partial charge in [-0.25, -0.2) is 0 Å². The van der Waals surface area contributed by atoms with Crippen LogP contribution in [0.15, 0.2) is 0 Å². The van der Waals surface area contributed by atoms with Gasteiger partial charge in [-0.3, -0.25) is 4.79 Å². The molecule has 1 atom stereocenters. The Labute approximate surface area is 46.7 Å². The monoisotopic (exact) mass is 120 g/mol. The van der Waals surface area contributed by atoms with Gasteiger partial charge in [0.15, 0.2) is 6.29 Å². The molecule has 0 amide bonds. The summed E-state index contributed by atoms with van der Waals surface area (Å²) in [6.45, 7) is 0.474. The van der Waals surface area contributed by atoms with Crippen LogP contribution in [0.1, 0.15) is 6.92 Å². The minimum atomic E-state index is -1.84. The van der Waals surface area contributed by atoms with E-state index >= 15 is 0 Å². The molecule has 0 aliphatic heterocycles. The van der Waals surface area contributed by atoms with E-state index in [0.717, 1.165) is 6.92 Å². The van der Waals surface area contributed by atoms with Gasteiger partial charge >= 0.3 is 0 Å². The number of carbonyl (C=O) groups is 1. The number of ether oxygens (including phenoxy) is 1. The number of aliphatic hydroxyl groups is 2. The lowest BCUT2D eigenvalue weighted by Gasteiger charge is -2.12. The molecule has 0 aromatic carbocycles. The van der Waals surface area contributed by atoms with E-state index in [2.05, 4.69) is 4.74 Å². The molecular formula is C4H8O4. The zero-order chi connectivity index (χ0) is 6.62. The van der Waals surface area contributed by atoms with Crippen LogP contribution >= 0.6 is 0 Å². The number of carbonyl (C=O) groups excluding carboxylic acids is 1. The van der Waals surface area contributed by atoms with Crippen LogP contribution in [0, 0.1) is 0 Å². The molecule has 1 unspecified atom stereocenters. The molecule has 0 aromatic heterocycles. The summed E-state index contributed by atoms with van der Waals surface area (Å²) in [7, 11) is 0. The van der Waals surface area contributed by atoms with Gasteiger partial charge in [0.1, 0.15) is 6.79 Å². The number of aliphatic hydroxyl groups excluding tert-OH is 1. The third kappa shape index (κ3) is 2.68. The van der Waals surface area contributed by atoms with Crippen molar-refractivity contribution in [2.75, 3.05) is 6.79 Å². The summed E-state index contributed by atoms with van der Waals surface area (Å²) >= 11 is 0. The molecule has 0 saturated carbocycles. The molecule has 0 saturated heterocycles. The van der Waals surface area contributed by atoms with E-state index in [9.17, 15) is 4.79 Å². The molecule has 8 heavy (non-hydrogen) atoms. The van der Waals surface area contributed by atoms with Gasteiger partial charge in [-0.15, -0.1) is 0 Å². The van der Waals surface area contributed by atoms with E-state index in [0.29, 0.717) is 0 Å². The Balaban J connectivity index is 3.53. The minimum absolute atomic E-state index is 0.198. The van der Waals surface area contributed by atoms with Crippen LogP contribution < -0.4 is 0 Å². The summed E-state index contributed by atoms with van der Waals surface area (Å²) in [4.78, 5) is 9.73. The highest BCUT2D eigenvalue weighted by Gasteiger charge is 2.17. The highest BCUT2D eigenvalue weighted by atomic mass is 16.7. The van der Waals surface area contributed by atoms with E-state index in [-0.39, 0.29) is 6.29 Å². The first-order valence-electron chi connectivity index (χ1n) is 2.06. The third-order valence-corrected chi connectivity index (χ3v) is 0.575. The van der Waals surface area contributed by atoms with Crippen LogP contribution in [-0.4, -0.2) is 29.1 Å². The van der Waals surface area contributed by atoms with Crippen molar-refractivity contribution in [1.29, 1.82) is 0 Å². The Morgan fingerprint density at radius 1 is 1.88 bits per heavy atom. The van der Waals surface area contributed by atoms with Crippen LogP contribution in [-0.2, 0) is 9.53 Å². The number of hydrogen-bond acceptors (Lipinski definition) is 4. The SMILES string of the molecule is CC(O)(C=O)OCO. The van der Waals surface area contributed by atoms with Crippen LogP contribution in [0.25, 0.3) is 0 Å². The van der Waals surface area contributed by atoms with Crippen molar-refractivity contribution in [2.24, 2.45) is 0 Å². The van der Waals surface area contributed by atoms with Crippen molar-refractivity contribution < 1.29 is 19.7 Å². The first-order valence-corrected chi connectivity index (χ1v) is 2.06. The van der Waals surface area contributed by atoms with Crippen LogP contribution in [0.2, 0.25) is 0 Å². The average molecular weight is 120 g/mol. The first-order chi connectivity index (χ1) is 3.62. The van der Waals surface area contributed by atoms with Gasteiger partial charge < -0.3 is 14.9 Å². The van der Waals surface area contributed by atoms with Crippen molar-refractivity contribution >= 4 is 6.29 Å². The maximum absolute atomic E-state index is 9.73. The molecular weight excluding hydrogens is 112 g/mol. The third-order valence-electron chi connectivity index (χ3n) is 0.575. The van der Waals surface area contributed by atoms with Crippen molar-refractivity contribution in [2.45, 2.75) is 12.7 Å². The van der Waals surface area contributed by atoms with Crippen molar-refractivity contribution in [3.63, 3.8) is 0 Å². The van der Waals surface area contributed by atoms with Crippen molar-refractivity contribution in [3.05, 3.63) is 0 Å². The molecule has 2 N–H and O–H groups in total. The van der Waals surface area contributed by atoms with E-state index in [4.69, 9.17) is 10.2 Å². The summed E-state index contributed by atoms with van der Waals surface area (Å²) in [5.41, 5.74) is 0. The highest BCUT2D eigenvalue weighted by Crippen LogP contribution is 1.97. The predicted octanol–water partition coefficient (Wildman–Crippen LogP) is -1.14. The Bertz CT molecular complexity index is 78.1. The molecule has 0 aromatic rings. The summed E-state index contributed by atoms with van der Waals surface area (Å²) in [5, 5.41) is 16.6. The van der Waals surface area contributed by atoms with Gasteiger partial charge in [0.2, 0.25) is 5.79 Å². The van der Waals surface area contributed by atoms with E-state index in [1.54, 1.807) is 0 Å². The molecule has 0 heterocycles. The molecule has 4 heteroatoms. The minimum Gasteiger partial charge on any atom is -0.370 e. The zero-order valence-electron chi connectivity index (χ0n) is 4.50. The van der Waals surface area contributed by atoms with E-state index in [1.807, 2.05) is 0 Å². The van der Waals surface area contributed by atoms with E-state index < -0.39 is 12.6 Å². The molecule has 0 aliphatic carbocycles. The second kappa shape index (κ2) is 2.76. The fraction of sp³-hybridized carbons (Fsp3) is 0.750. The lowest BCUT2D eigenvalue weighted by Crippen LogP contribution is -2.30. The normalized spacial score (nSPS) is 17.4. The standard InChI is InChI=1S/C4H8O4/c1-4(7,2-5)8-3-6/h2,6-7H,3H2,1H3. The summed E-state index contributed by atoms with van der Waals surface area (Å²) in [5.74, 6) is -1.84. The molecule has 48 valence electrons. The smallest absolute Gasteiger partial charge is 0.222 e. The first kappa shape index (κ1) is 7.55. The van der Waals surface area contributed by atoms with Crippen molar-refractivity contribution in [1.82, 2.24) is 0 Å². The lowest BCUT2D eigenvalue weighted by atomic mass is 10.4. The van der Waals surface area contributed by atoms with Crippen LogP contribution in [0.5, 0.6) is 0 Å². The molecule has 0 bridgehead atoms. The molecule has 0 spiro atoms. The maximum atomic E-state index is 9.73. The summed E-state index contributed by atoms with van der Waals surface area (Å²) in [6, 6.07) is 0. The van der Waals surface area contributed by atoms with Gasteiger partial charge in [0.25, 0.3) is 0 Å². The number of hydrogen-bond donors (Lipinski definition) is 2. The Hall–Kier alpha value is -0.450. The zero-order valence-corrected chi connectivity index (χ0v) is 4.50. The lowest BCUT2D eigenvalue weighted by molar-refractivity contribution is -0.211. The fourth-order valence-corrected chi connectivity index (χ4v) is 0.165.